The van der Waals surface area contributed by atoms with Crippen LogP contribution < -0.4 is 21.1 Å². The van der Waals surface area contributed by atoms with Gasteiger partial charge in [0.2, 0.25) is 11.8 Å². The van der Waals surface area contributed by atoms with Crippen LogP contribution in [0.3, 0.4) is 0 Å². The number of carbonyl (C=O) groups excluding carboxylic acids is 4. The van der Waals surface area contributed by atoms with Crippen LogP contribution in [0.2, 0.25) is 0 Å². The summed E-state index contributed by atoms with van der Waals surface area (Å²) >= 11 is 0. The predicted octanol–water partition coefficient (Wildman–Crippen LogP) is 3.22. The van der Waals surface area contributed by atoms with E-state index < -0.39 is 47.9 Å². The number of nitrogens with two attached hydrogens (primary N) is 1. The topological polar surface area (TPSA) is 140 Å². The summed E-state index contributed by atoms with van der Waals surface area (Å²) in [5.74, 6) is -1.34. The third-order valence-corrected chi connectivity index (χ3v) is 5.46. The Labute approximate surface area is 217 Å². The number of primary amides is 1. The Morgan fingerprint density at radius 3 is 2.16 bits per heavy atom. The van der Waals surface area contributed by atoms with Gasteiger partial charge in [-0.1, -0.05) is 23.8 Å². The van der Waals surface area contributed by atoms with E-state index in [0.717, 1.165) is 11.1 Å². The molecule has 2 atom stereocenters. The van der Waals surface area contributed by atoms with E-state index in [1.165, 1.54) is 19.1 Å². The average molecular weight is 513 g/mol. The maximum absolute atomic E-state index is 13.6. The van der Waals surface area contributed by atoms with Crippen LogP contribution in [0.25, 0.3) is 0 Å². The molecule has 4 amide bonds. The number of benzene rings is 2. The molecule has 0 aromatic heterocycles. The minimum atomic E-state index is -1.33. The molecule has 0 fully saturated rings. The second kappa shape index (κ2) is 12.2. The van der Waals surface area contributed by atoms with Crippen LogP contribution >= 0.6 is 0 Å². The van der Waals surface area contributed by atoms with Gasteiger partial charge >= 0.3 is 6.09 Å². The van der Waals surface area contributed by atoms with Crippen LogP contribution in [0.5, 0.6) is 5.75 Å². The van der Waals surface area contributed by atoms with E-state index in [1.807, 2.05) is 26.0 Å². The molecule has 2 unspecified atom stereocenters. The standard InChI is InChI=1S/C27H36N4O6/c1-16-8-13-20(17(2)14-16)23(24(33)29-18-9-11-19(36-7)12-10-18)31(6)25(34)21(15-22(28)32)30-26(35)37-27(3,4)5/h8-14,21,23H,15H2,1-7H3,(H2,28,32)(H,29,33)(H,30,35). The summed E-state index contributed by atoms with van der Waals surface area (Å²) in [6.45, 7) is 8.77. The molecule has 0 aliphatic heterocycles. The molecule has 2 aromatic rings. The lowest BCUT2D eigenvalue weighted by molar-refractivity contribution is -0.140. The zero-order valence-electron chi connectivity index (χ0n) is 22.4. The number of ether oxygens (including phenoxy) is 2. The summed E-state index contributed by atoms with van der Waals surface area (Å²) in [6.07, 6.45) is -1.35. The molecule has 0 spiro atoms. The Kier molecular flexibility index (Phi) is 9.65. The molecule has 10 nitrogen and oxygen atoms in total. The number of likely N-dealkylation sites (N-methyl/N-ethyl adjacent to an activating group) is 1. The van der Waals surface area contributed by atoms with Gasteiger partial charge in [-0.3, -0.25) is 14.4 Å². The lowest BCUT2D eigenvalue weighted by atomic mass is 9.96. The maximum Gasteiger partial charge on any atom is 0.408 e. The number of methoxy groups -OCH3 is 1. The number of nitrogens with zero attached hydrogens (tertiary/aromatic N) is 1. The van der Waals surface area contributed by atoms with E-state index in [-0.39, 0.29) is 0 Å². The summed E-state index contributed by atoms with van der Waals surface area (Å²) in [4.78, 5) is 52.4. The second-order valence-corrected chi connectivity index (χ2v) is 9.80. The number of nitrogens with one attached hydrogen (secondary N) is 2. The van der Waals surface area contributed by atoms with Gasteiger partial charge in [0.1, 0.15) is 23.4 Å². The van der Waals surface area contributed by atoms with Crippen LogP contribution in [0.4, 0.5) is 10.5 Å². The second-order valence-electron chi connectivity index (χ2n) is 9.80. The van der Waals surface area contributed by atoms with E-state index in [1.54, 1.807) is 51.1 Å². The number of rotatable bonds is 9. The van der Waals surface area contributed by atoms with E-state index in [9.17, 15) is 19.2 Å². The van der Waals surface area contributed by atoms with Crippen LogP contribution in [-0.4, -0.2) is 54.5 Å². The van der Waals surface area contributed by atoms with Crippen molar-refractivity contribution in [2.75, 3.05) is 19.5 Å². The number of amides is 4. The van der Waals surface area contributed by atoms with Crippen LogP contribution in [0, 0.1) is 13.8 Å². The Hall–Kier alpha value is -4.08. The molecule has 0 bridgehead atoms. The highest BCUT2D eigenvalue weighted by atomic mass is 16.6. The molecule has 2 rings (SSSR count). The third kappa shape index (κ3) is 8.52. The van der Waals surface area contributed by atoms with Crippen molar-refractivity contribution in [2.45, 2.75) is 58.7 Å². The van der Waals surface area contributed by atoms with Gasteiger partial charge in [-0.2, -0.15) is 0 Å². The first-order valence-corrected chi connectivity index (χ1v) is 11.8. The number of anilines is 1. The van der Waals surface area contributed by atoms with E-state index in [0.29, 0.717) is 17.0 Å². The highest BCUT2D eigenvalue weighted by Crippen LogP contribution is 2.27. The van der Waals surface area contributed by atoms with Gasteiger partial charge in [-0.25, -0.2) is 4.79 Å². The molecule has 0 saturated carbocycles. The molecular formula is C27H36N4O6. The summed E-state index contributed by atoms with van der Waals surface area (Å²) in [6, 6.07) is 9.86. The molecule has 0 aliphatic carbocycles. The van der Waals surface area contributed by atoms with Gasteiger partial charge in [0.25, 0.3) is 5.91 Å². The van der Waals surface area contributed by atoms with Crippen molar-refractivity contribution in [3.63, 3.8) is 0 Å². The molecule has 0 saturated heterocycles. The zero-order chi connectivity index (χ0) is 27.9. The van der Waals surface area contributed by atoms with Crippen molar-refractivity contribution in [3.05, 3.63) is 59.2 Å². The van der Waals surface area contributed by atoms with Crippen molar-refractivity contribution in [1.29, 1.82) is 0 Å². The van der Waals surface area contributed by atoms with Crippen LogP contribution in [0.1, 0.15) is 49.9 Å². The Morgan fingerprint density at radius 2 is 1.65 bits per heavy atom. The first kappa shape index (κ1) is 29.2. The minimum absolute atomic E-state index is 0.470. The smallest absolute Gasteiger partial charge is 0.408 e. The predicted molar refractivity (Wildman–Crippen MR) is 140 cm³/mol. The largest absolute Gasteiger partial charge is 0.497 e. The fraction of sp³-hybridized carbons (Fsp3) is 0.407. The molecule has 200 valence electrons. The highest BCUT2D eigenvalue weighted by molar-refractivity contribution is 5.99. The Balaban J connectivity index is 2.42. The Morgan fingerprint density at radius 1 is 1.03 bits per heavy atom. The molecular weight excluding hydrogens is 476 g/mol. The molecule has 2 aromatic carbocycles. The van der Waals surface area contributed by atoms with Gasteiger partial charge in [-0.15, -0.1) is 0 Å². The van der Waals surface area contributed by atoms with Crippen LogP contribution in [-0.2, 0) is 19.1 Å². The number of carbonyl (C=O) groups is 4. The fourth-order valence-corrected chi connectivity index (χ4v) is 3.77. The first-order valence-electron chi connectivity index (χ1n) is 11.8. The number of alkyl carbamates (subject to hydrolysis) is 1. The highest BCUT2D eigenvalue weighted by Gasteiger charge is 2.35. The number of hydrogen-bond acceptors (Lipinski definition) is 6. The maximum atomic E-state index is 13.6. The first-order chi connectivity index (χ1) is 17.2. The number of aryl methyl sites for hydroxylation is 2. The van der Waals surface area contributed by atoms with Crippen molar-refractivity contribution in [2.24, 2.45) is 5.73 Å². The molecule has 37 heavy (non-hydrogen) atoms. The van der Waals surface area contributed by atoms with Crippen molar-refractivity contribution < 1.29 is 28.7 Å². The summed E-state index contributed by atoms with van der Waals surface area (Å²) in [7, 11) is 2.98. The SMILES string of the molecule is COc1ccc(NC(=O)C(c2ccc(C)cc2C)N(C)C(=O)C(CC(N)=O)NC(=O)OC(C)(C)C)cc1. The Bertz CT molecular complexity index is 1140. The fourth-order valence-electron chi connectivity index (χ4n) is 3.77. The monoisotopic (exact) mass is 512 g/mol. The molecule has 4 N–H and O–H groups in total. The van der Waals surface area contributed by atoms with Gasteiger partial charge in [-0.05, 0) is 70.0 Å². The third-order valence-electron chi connectivity index (χ3n) is 5.46. The zero-order valence-corrected chi connectivity index (χ0v) is 22.4. The summed E-state index contributed by atoms with van der Waals surface area (Å²) in [5.41, 5.74) is 7.40. The number of hydrogen-bond donors (Lipinski definition) is 3. The van der Waals surface area contributed by atoms with Crippen molar-refractivity contribution in [3.8, 4) is 5.75 Å². The average Bonchev–Trinajstić information content (AvgIpc) is 2.78. The molecule has 0 radical (unpaired) electrons. The van der Waals surface area contributed by atoms with Crippen molar-refractivity contribution in [1.82, 2.24) is 10.2 Å². The lowest BCUT2D eigenvalue weighted by Crippen LogP contribution is -2.52. The summed E-state index contributed by atoms with van der Waals surface area (Å²) < 4.78 is 10.4. The van der Waals surface area contributed by atoms with Gasteiger partial charge in [0.15, 0.2) is 0 Å². The molecule has 10 heteroatoms. The van der Waals surface area contributed by atoms with Crippen molar-refractivity contribution >= 4 is 29.5 Å². The molecule has 0 aliphatic rings. The van der Waals surface area contributed by atoms with Gasteiger partial charge in [0.05, 0.1) is 13.5 Å². The molecule has 0 heterocycles. The minimum Gasteiger partial charge on any atom is -0.497 e. The van der Waals surface area contributed by atoms with Gasteiger partial charge in [0, 0.05) is 12.7 Å². The van der Waals surface area contributed by atoms with E-state index >= 15 is 0 Å². The van der Waals surface area contributed by atoms with E-state index in [4.69, 9.17) is 15.2 Å². The van der Waals surface area contributed by atoms with Crippen LogP contribution in [0.15, 0.2) is 42.5 Å². The lowest BCUT2D eigenvalue weighted by Gasteiger charge is -2.32. The quantitative estimate of drug-likeness (QED) is 0.471. The van der Waals surface area contributed by atoms with Gasteiger partial charge < -0.3 is 30.7 Å². The summed E-state index contributed by atoms with van der Waals surface area (Å²) in [5, 5.41) is 5.25. The van der Waals surface area contributed by atoms with E-state index in [2.05, 4.69) is 10.6 Å². The normalized spacial score (nSPS) is 12.6.